The van der Waals surface area contributed by atoms with Crippen LogP contribution in [0.15, 0.2) is 45.1 Å². The lowest BCUT2D eigenvalue weighted by atomic mass is 10.0. The number of nitrogens with zero attached hydrogens (tertiary/aromatic N) is 7. The van der Waals surface area contributed by atoms with E-state index in [1.165, 1.54) is 72.7 Å². The number of nitrogens with one attached hydrogen (secondary N) is 2. The molecule has 4 fully saturated rings. The van der Waals surface area contributed by atoms with Crippen molar-refractivity contribution >= 4 is 104 Å². The summed E-state index contributed by atoms with van der Waals surface area (Å²) in [5, 5.41) is 24.0. The van der Waals surface area contributed by atoms with E-state index in [0.717, 1.165) is 18.0 Å². The highest BCUT2D eigenvalue weighted by molar-refractivity contribution is 7.14. The molecule has 4 aromatic rings. The summed E-state index contributed by atoms with van der Waals surface area (Å²) in [6, 6.07) is -0.214. The van der Waals surface area contributed by atoms with Crippen molar-refractivity contribution in [3.63, 3.8) is 0 Å². The first-order chi connectivity index (χ1) is 39.9. The summed E-state index contributed by atoms with van der Waals surface area (Å²) in [6.45, 7) is 15.3. The van der Waals surface area contributed by atoms with E-state index in [4.69, 9.17) is 14.6 Å². The number of carbonyl (C=O) groups is 10. The van der Waals surface area contributed by atoms with Gasteiger partial charge in [-0.1, -0.05) is 126 Å². The molecular formula is C76H143N9O13S4. The number of amides is 4. The van der Waals surface area contributed by atoms with Crippen molar-refractivity contribution in [1.29, 1.82) is 0 Å². The van der Waals surface area contributed by atoms with E-state index < -0.39 is 52.3 Å². The maximum atomic E-state index is 13.1. The van der Waals surface area contributed by atoms with Gasteiger partial charge < -0.3 is 30.1 Å². The summed E-state index contributed by atoms with van der Waals surface area (Å²) in [7, 11) is 3.95. The molecule has 2 aliphatic carbocycles. The van der Waals surface area contributed by atoms with Gasteiger partial charge in [0, 0.05) is 89.3 Å². The van der Waals surface area contributed by atoms with Crippen molar-refractivity contribution < 1.29 is 62.5 Å². The topological polar surface area (TPSA) is 295 Å². The third kappa shape index (κ3) is 33.8. The molecule has 0 aromatic carbocycles. The SMILES string of the molecule is C.C.C.C.C.C.C.C.C.C.C.C.C.C.C.C.C.C[C@H]1CC/C(=C/C(=O)NC2(C(=O)CC(=O)CCc3nc(-c4nc(C(=O)CCCN(C)C)cs4)cs3)CC2)N1C(=O)OC(C)(C)C.C[C@H]1CC/C(=C/C(=O)NC2(C(=O)CC(=O)CCc3nc(-c4nc(C(=O)O)cs4)cs3)CC2)N1C(=O)OC(C)(C)C. The van der Waals surface area contributed by atoms with Crippen LogP contribution in [-0.4, -0.2) is 154 Å². The molecule has 8 rings (SSSR count). The van der Waals surface area contributed by atoms with E-state index in [9.17, 15) is 47.9 Å². The Morgan fingerprint density at radius 3 is 1.19 bits per heavy atom. The minimum absolute atomic E-state index is 0. The number of hydrogen-bond donors (Lipinski definition) is 3. The Hall–Kier alpha value is -6.74. The average Bonchev–Trinajstić information content (AvgIpc) is 1.63. The third-order valence-corrected chi connectivity index (χ3v) is 17.8. The summed E-state index contributed by atoms with van der Waals surface area (Å²) in [6.07, 6.45) is 7.75. The fraction of sp³-hybridized carbons (Fsp3) is 0.658. The smallest absolute Gasteiger partial charge is 0.414 e. The predicted molar refractivity (Wildman–Crippen MR) is 436 cm³/mol. The van der Waals surface area contributed by atoms with Crippen molar-refractivity contribution in [2.45, 2.75) is 319 Å². The predicted octanol–water partition coefficient (Wildman–Crippen LogP) is 20.4. The zero-order valence-electron chi connectivity index (χ0n) is 49.7. The first-order valence-electron chi connectivity index (χ1n) is 28.3. The Morgan fingerprint density at radius 2 is 0.873 bits per heavy atom. The van der Waals surface area contributed by atoms with Gasteiger partial charge in [-0.2, -0.15) is 0 Å². The number of aromatic nitrogens is 4. The van der Waals surface area contributed by atoms with Gasteiger partial charge in [0.25, 0.3) is 0 Å². The van der Waals surface area contributed by atoms with Crippen LogP contribution in [0.2, 0.25) is 0 Å². The largest absolute Gasteiger partial charge is 0.476 e. The molecule has 2 saturated carbocycles. The second-order valence-corrected chi connectivity index (χ2v) is 27.7. The molecule has 102 heavy (non-hydrogen) atoms. The Labute approximate surface area is 635 Å². The minimum Gasteiger partial charge on any atom is -0.476 e. The van der Waals surface area contributed by atoms with E-state index in [0.29, 0.717) is 114 Å². The van der Waals surface area contributed by atoms with E-state index in [-0.39, 0.29) is 199 Å². The molecule has 0 spiro atoms. The molecule has 2 aliphatic heterocycles. The van der Waals surface area contributed by atoms with Crippen molar-refractivity contribution in [3.05, 3.63) is 66.5 Å². The van der Waals surface area contributed by atoms with Crippen LogP contribution in [0.5, 0.6) is 0 Å². The maximum absolute atomic E-state index is 13.1. The minimum atomic E-state index is -1.11. The van der Waals surface area contributed by atoms with Gasteiger partial charge in [0.05, 0.1) is 33.9 Å². The van der Waals surface area contributed by atoms with Crippen LogP contribution in [-0.2, 0) is 51.1 Å². The van der Waals surface area contributed by atoms with Gasteiger partial charge >= 0.3 is 18.2 Å². The second kappa shape index (κ2) is 50.6. The molecule has 6 heterocycles. The van der Waals surface area contributed by atoms with Crippen LogP contribution in [0.3, 0.4) is 0 Å². The maximum Gasteiger partial charge on any atom is 0.414 e. The summed E-state index contributed by atoms with van der Waals surface area (Å²) >= 11 is 5.31. The van der Waals surface area contributed by atoms with Gasteiger partial charge in [-0.05, 0) is 134 Å². The zero-order chi connectivity index (χ0) is 62.2. The van der Waals surface area contributed by atoms with Crippen molar-refractivity contribution in [2.75, 3.05) is 20.6 Å². The van der Waals surface area contributed by atoms with E-state index in [1.54, 1.807) is 52.3 Å². The fourth-order valence-corrected chi connectivity index (χ4v) is 12.7. The number of thiazole rings is 4. The number of allylic oxidation sites excluding steroid dienone is 2. The second-order valence-electron chi connectivity index (χ2n) is 24.1. The number of aryl methyl sites for hydroxylation is 2. The van der Waals surface area contributed by atoms with Crippen LogP contribution in [0.25, 0.3) is 21.4 Å². The summed E-state index contributed by atoms with van der Waals surface area (Å²) < 4.78 is 11.0. The average molecular weight is 1520 g/mol. The van der Waals surface area contributed by atoms with Crippen LogP contribution in [0, 0.1) is 0 Å². The molecular weight excluding hydrogens is 1380 g/mol. The zero-order valence-corrected chi connectivity index (χ0v) is 53.0. The first kappa shape index (κ1) is 119. The van der Waals surface area contributed by atoms with Gasteiger partial charge in [0.15, 0.2) is 23.0 Å². The van der Waals surface area contributed by atoms with Gasteiger partial charge in [-0.25, -0.2) is 34.3 Å². The number of Topliss-reactive ketones (excluding diaryl/α,β-unsaturated/α-hetero) is 5. The molecule has 22 nitrogen and oxygen atoms in total. The summed E-state index contributed by atoms with van der Waals surface area (Å²) in [4.78, 5) is 148. The lowest BCUT2D eigenvalue weighted by Gasteiger charge is -2.28. The van der Waals surface area contributed by atoms with E-state index in [2.05, 4.69) is 30.6 Å². The normalized spacial score (nSPS) is 15.5. The van der Waals surface area contributed by atoms with E-state index >= 15 is 0 Å². The van der Waals surface area contributed by atoms with E-state index in [1.807, 2.05) is 38.2 Å². The summed E-state index contributed by atoms with van der Waals surface area (Å²) in [5.41, 5.74) is -0.690. The Morgan fingerprint density at radius 1 is 0.529 bits per heavy atom. The number of carboxylic acids is 1. The standard InChI is InChI=1S/C32H43N5O6S2.C27H32N4O7S2.17CH4/c1-20-9-10-21(37(20)30(42)43-31(2,3)4)16-27(41)35-32(13-14-32)26(40)17-22(38)11-12-28-33-24(19-44-28)29-34-23(18-45-29)25(39)8-7-15-36(5)6;1-15-5-6-16(31(15)25(37)38-26(2,3)4)11-21(34)30-27(9-10-27)20(33)12-17(32)7-8-22-28-18(13-39-22)23-29-19(14-40-23)24(35)36;;;;;;;;;;;;;;;;;/h16,18-20H,7-15,17H2,1-6H3,(H,35,41);11,13-15H,5-10,12H2,1-4H3,(H,30,34)(H,35,36);17*1H4/b21-16-;16-11-;;;;;;;;;;;;;;;;;/t20-;15-;;;;;;;;;;;;;;;;;/m00................./s1. The highest BCUT2D eigenvalue weighted by atomic mass is 32.1. The molecule has 0 radical (unpaired) electrons. The highest BCUT2D eigenvalue weighted by Gasteiger charge is 2.52. The number of rotatable bonds is 24. The number of hydrogen-bond acceptors (Lipinski definition) is 21. The lowest BCUT2D eigenvalue weighted by Crippen LogP contribution is -2.44. The lowest BCUT2D eigenvalue weighted by molar-refractivity contribution is -0.131. The molecule has 2 atom stereocenters. The first-order valence-corrected chi connectivity index (χ1v) is 31.9. The third-order valence-electron chi connectivity index (χ3n) is 14.2. The molecule has 4 aromatic heterocycles. The van der Waals surface area contributed by atoms with Crippen LogP contribution in [0.1, 0.15) is 303 Å². The Balaban J connectivity index is -0.000000155. The van der Waals surface area contributed by atoms with Crippen LogP contribution in [0.4, 0.5) is 9.59 Å². The number of likely N-dealkylation sites (tertiary alicyclic amines) is 2. The monoisotopic (exact) mass is 1520 g/mol. The number of carbonyl (C=O) groups excluding carboxylic acids is 9. The number of aromatic carboxylic acids is 1. The number of carboxylic acid groups (broad SMARTS) is 1. The van der Waals surface area contributed by atoms with Gasteiger partial charge in [-0.15, -0.1) is 45.3 Å². The van der Waals surface area contributed by atoms with Gasteiger partial charge in [0.1, 0.15) is 49.9 Å². The van der Waals surface area contributed by atoms with Crippen molar-refractivity contribution in [3.8, 4) is 21.4 Å². The van der Waals surface area contributed by atoms with Crippen molar-refractivity contribution in [2.24, 2.45) is 0 Å². The molecule has 26 heteroatoms. The van der Waals surface area contributed by atoms with Crippen molar-refractivity contribution in [1.82, 2.24) is 45.3 Å². The quantitative estimate of drug-likeness (QED) is 0.0334. The Bertz CT molecular complexity index is 3270. The van der Waals surface area contributed by atoms with Gasteiger partial charge in [-0.3, -0.25) is 43.4 Å². The molecule has 594 valence electrons. The molecule has 2 saturated heterocycles. The Kier molecular flexibility index (Phi) is 59.2. The highest BCUT2D eigenvalue weighted by Crippen LogP contribution is 2.40. The molecule has 3 N–H and O–H groups in total. The molecule has 4 amide bonds. The molecule has 4 aliphatic rings. The van der Waals surface area contributed by atoms with Gasteiger partial charge in [0.2, 0.25) is 11.8 Å². The van der Waals surface area contributed by atoms with Crippen LogP contribution >= 0.6 is 45.3 Å². The fourth-order valence-electron chi connectivity index (χ4n) is 9.43. The van der Waals surface area contributed by atoms with Crippen LogP contribution < -0.4 is 10.6 Å². The summed E-state index contributed by atoms with van der Waals surface area (Å²) in [5.74, 6) is -3.10. The number of ether oxygens (including phenoxy) is 2. The number of ketones is 5. The molecule has 0 bridgehead atoms. The molecule has 0 unspecified atom stereocenters.